The Balaban J connectivity index is 2.12. The Bertz CT molecular complexity index is 1040. The number of thiophene rings is 1. The molecular weight excluding hydrogens is 426 g/mol. The quantitative estimate of drug-likeness (QED) is 0.342. The monoisotopic (exact) mass is 457 g/mol. The van der Waals surface area contributed by atoms with Crippen LogP contribution in [0.1, 0.15) is 61.2 Å². The Morgan fingerprint density at radius 3 is 2.47 bits per heavy atom. The van der Waals surface area contributed by atoms with Crippen LogP contribution in [-0.4, -0.2) is 48.1 Å². The maximum Gasteiger partial charge on any atom is 0.295 e. The van der Waals surface area contributed by atoms with Crippen LogP contribution in [-0.2, 0) is 14.3 Å². The first-order valence-electron chi connectivity index (χ1n) is 10.8. The maximum atomic E-state index is 13.1. The molecule has 1 aromatic heterocycles. The highest BCUT2D eigenvalue weighted by atomic mass is 32.1. The number of aryl methyl sites for hydroxylation is 1. The highest BCUT2D eigenvalue weighted by Gasteiger charge is 2.46. The van der Waals surface area contributed by atoms with Crippen LogP contribution < -0.4 is 4.74 Å². The molecule has 0 saturated carbocycles. The van der Waals surface area contributed by atoms with Gasteiger partial charge in [-0.1, -0.05) is 13.8 Å². The minimum absolute atomic E-state index is 0.0162. The van der Waals surface area contributed by atoms with E-state index in [0.717, 1.165) is 16.0 Å². The van der Waals surface area contributed by atoms with Gasteiger partial charge in [0.2, 0.25) is 0 Å². The van der Waals surface area contributed by atoms with E-state index in [1.165, 1.54) is 16.2 Å². The first kappa shape index (κ1) is 24.0. The molecule has 1 saturated heterocycles. The standard InChI is InChI=1S/C25H31NO5S/c1-14(2)18-13-17(7-8-19(18)30-6)22(27)20-21(24-16(5)9-12-32-24)26(25(29)23(20)28)10-11-31-15(3)4/h7-9,12-15,21,27H,10-11H2,1-6H3/b22-20-. The molecular formula is C25H31NO5S. The van der Waals surface area contributed by atoms with Gasteiger partial charge in [-0.15, -0.1) is 11.3 Å². The minimum Gasteiger partial charge on any atom is -0.507 e. The number of aliphatic hydroxyl groups excluding tert-OH is 1. The number of methoxy groups -OCH3 is 1. The number of ether oxygens (including phenoxy) is 2. The number of hydrogen-bond donors (Lipinski definition) is 1. The topological polar surface area (TPSA) is 76.1 Å². The maximum absolute atomic E-state index is 13.1. The summed E-state index contributed by atoms with van der Waals surface area (Å²) >= 11 is 1.47. The number of ketones is 1. The van der Waals surface area contributed by atoms with Crippen molar-refractivity contribution in [3.8, 4) is 5.75 Å². The molecule has 1 aromatic carbocycles. The number of carbonyl (C=O) groups is 2. The highest BCUT2D eigenvalue weighted by Crippen LogP contribution is 2.43. The normalized spacial score (nSPS) is 18.2. The number of aliphatic hydroxyl groups is 1. The van der Waals surface area contributed by atoms with Gasteiger partial charge < -0.3 is 19.5 Å². The SMILES string of the molecule is COc1ccc(/C(O)=C2/C(=O)C(=O)N(CCOC(C)C)C2c2sccc2C)cc1C(C)C. The molecule has 0 spiro atoms. The van der Waals surface area contributed by atoms with E-state index in [2.05, 4.69) is 0 Å². The molecule has 1 fully saturated rings. The van der Waals surface area contributed by atoms with Crippen molar-refractivity contribution in [3.63, 3.8) is 0 Å². The van der Waals surface area contributed by atoms with E-state index in [1.807, 2.05) is 52.1 Å². The minimum atomic E-state index is -0.674. The van der Waals surface area contributed by atoms with E-state index >= 15 is 0 Å². The van der Waals surface area contributed by atoms with Gasteiger partial charge in [0, 0.05) is 17.0 Å². The van der Waals surface area contributed by atoms with Gasteiger partial charge in [0.15, 0.2) is 0 Å². The van der Waals surface area contributed by atoms with E-state index in [4.69, 9.17) is 9.47 Å². The summed E-state index contributed by atoms with van der Waals surface area (Å²) in [5.41, 5.74) is 2.50. The summed E-state index contributed by atoms with van der Waals surface area (Å²) in [7, 11) is 1.60. The Kier molecular flexibility index (Phi) is 7.41. The lowest BCUT2D eigenvalue weighted by molar-refractivity contribution is -0.140. The number of carbonyl (C=O) groups excluding carboxylic acids is 2. The number of nitrogens with zero attached hydrogens (tertiary/aromatic N) is 1. The summed E-state index contributed by atoms with van der Waals surface area (Å²) in [5.74, 6) is -0.587. The highest BCUT2D eigenvalue weighted by molar-refractivity contribution is 7.10. The molecule has 0 radical (unpaired) electrons. The molecule has 0 bridgehead atoms. The number of likely N-dealkylation sites (tertiary alicyclic amines) is 1. The summed E-state index contributed by atoms with van der Waals surface area (Å²) < 4.78 is 11.1. The average Bonchev–Trinajstić information content (AvgIpc) is 3.28. The molecule has 7 heteroatoms. The van der Waals surface area contributed by atoms with Crippen LogP contribution in [0.2, 0.25) is 0 Å². The van der Waals surface area contributed by atoms with Crippen molar-refractivity contribution < 1.29 is 24.2 Å². The summed E-state index contributed by atoms with van der Waals surface area (Å²) in [4.78, 5) is 28.5. The van der Waals surface area contributed by atoms with E-state index in [1.54, 1.807) is 19.2 Å². The van der Waals surface area contributed by atoms with Gasteiger partial charge in [0.05, 0.1) is 31.4 Å². The molecule has 172 valence electrons. The van der Waals surface area contributed by atoms with E-state index in [-0.39, 0.29) is 29.9 Å². The van der Waals surface area contributed by atoms with Gasteiger partial charge in [0.25, 0.3) is 11.7 Å². The second-order valence-electron chi connectivity index (χ2n) is 8.49. The lowest BCUT2D eigenvalue weighted by Crippen LogP contribution is -2.33. The molecule has 1 N–H and O–H groups in total. The summed E-state index contributed by atoms with van der Waals surface area (Å²) in [6, 6.07) is 6.63. The third-order valence-corrected chi connectivity index (χ3v) is 6.67. The molecule has 1 atom stereocenters. The van der Waals surface area contributed by atoms with Crippen LogP contribution in [0.3, 0.4) is 0 Å². The molecule has 1 aliphatic heterocycles. The van der Waals surface area contributed by atoms with Gasteiger partial charge in [-0.25, -0.2) is 0 Å². The van der Waals surface area contributed by atoms with Crippen LogP contribution in [0.15, 0.2) is 35.2 Å². The zero-order chi connectivity index (χ0) is 23.6. The number of rotatable bonds is 8. The predicted molar refractivity (Wildman–Crippen MR) is 126 cm³/mol. The molecule has 32 heavy (non-hydrogen) atoms. The van der Waals surface area contributed by atoms with Gasteiger partial charge >= 0.3 is 0 Å². The largest absolute Gasteiger partial charge is 0.507 e. The number of benzene rings is 1. The second kappa shape index (κ2) is 9.88. The Morgan fingerprint density at radius 1 is 1.19 bits per heavy atom. The lowest BCUT2D eigenvalue weighted by atomic mass is 9.95. The van der Waals surface area contributed by atoms with Crippen LogP contribution in [0, 0.1) is 6.92 Å². The molecule has 2 heterocycles. The zero-order valence-corrected chi connectivity index (χ0v) is 20.3. The van der Waals surface area contributed by atoms with Crippen LogP contribution >= 0.6 is 11.3 Å². The van der Waals surface area contributed by atoms with Crippen molar-refractivity contribution in [3.05, 3.63) is 56.8 Å². The predicted octanol–water partition coefficient (Wildman–Crippen LogP) is 5.04. The van der Waals surface area contributed by atoms with Gasteiger partial charge in [-0.2, -0.15) is 0 Å². The van der Waals surface area contributed by atoms with Gasteiger partial charge in [0.1, 0.15) is 11.5 Å². The number of hydrogen-bond acceptors (Lipinski definition) is 6. The molecule has 1 amide bonds. The summed E-state index contributed by atoms with van der Waals surface area (Å²) in [6.45, 7) is 10.4. The second-order valence-corrected chi connectivity index (χ2v) is 9.44. The molecule has 0 aliphatic carbocycles. The van der Waals surface area contributed by atoms with Crippen LogP contribution in [0.25, 0.3) is 5.76 Å². The number of Topliss-reactive ketones (excluding diaryl/α,β-unsaturated/α-hetero) is 1. The molecule has 3 rings (SSSR count). The van der Waals surface area contributed by atoms with Crippen molar-refractivity contribution in [1.29, 1.82) is 0 Å². The fourth-order valence-corrected chi connectivity index (χ4v) is 4.97. The van der Waals surface area contributed by atoms with Crippen LogP contribution in [0.4, 0.5) is 0 Å². The van der Waals surface area contributed by atoms with Crippen molar-refractivity contribution in [2.75, 3.05) is 20.3 Å². The van der Waals surface area contributed by atoms with Crippen LogP contribution in [0.5, 0.6) is 5.75 Å². The Morgan fingerprint density at radius 2 is 1.91 bits per heavy atom. The fraction of sp³-hybridized carbons (Fsp3) is 0.440. The number of amides is 1. The molecule has 2 aromatic rings. The molecule has 1 unspecified atom stereocenters. The van der Waals surface area contributed by atoms with Gasteiger partial charge in [-0.3, -0.25) is 9.59 Å². The zero-order valence-electron chi connectivity index (χ0n) is 19.5. The fourth-order valence-electron chi connectivity index (χ4n) is 3.92. The third-order valence-electron chi connectivity index (χ3n) is 5.60. The molecule has 1 aliphatic rings. The van der Waals surface area contributed by atoms with Crippen molar-refractivity contribution in [1.82, 2.24) is 4.90 Å². The first-order chi connectivity index (χ1) is 15.2. The van der Waals surface area contributed by atoms with E-state index in [9.17, 15) is 14.7 Å². The average molecular weight is 458 g/mol. The lowest BCUT2D eigenvalue weighted by Gasteiger charge is -2.25. The smallest absolute Gasteiger partial charge is 0.295 e. The third kappa shape index (κ3) is 4.59. The first-order valence-corrected chi connectivity index (χ1v) is 11.7. The van der Waals surface area contributed by atoms with E-state index < -0.39 is 17.7 Å². The van der Waals surface area contributed by atoms with Crippen molar-refractivity contribution in [2.45, 2.75) is 52.7 Å². The summed E-state index contributed by atoms with van der Waals surface area (Å²) in [5, 5.41) is 13.2. The van der Waals surface area contributed by atoms with Crippen molar-refractivity contribution >= 4 is 28.8 Å². The van der Waals surface area contributed by atoms with Gasteiger partial charge in [-0.05, 0) is 67.5 Å². The van der Waals surface area contributed by atoms with E-state index in [0.29, 0.717) is 17.9 Å². The summed E-state index contributed by atoms with van der Waals surface area (Å²) in [6.07, 6.45) is 0.0162. The Labute approximate surface area is 193 Å². The van der Waals surface area contributed by atoms with Crippen molar-refractivity contribution in [2.24, 2.45) is 0 Å². The molecule has 6 nitrogen and oxygen atoms in total. The Hall–Kier alpha value is -2.64.